The normalized spacial score (nSPS) is 21.6. The molecular weight excluding hydrogens is 267 g/mol. The van der Waals surface area contributed by atoms with E-state index in [0.29, 0.717) is 0 Å². The lowest BCUT2D eigenvalue weighted by Gasteiger charge is -2.19. The monoisotopic (exact) mass is 288 g/mol. The predicted molar refractivity (Wildman–Crippen MR) is 83.6 cm³/mol. The number of rotatable bonds is 1. The Labute approximate surface area is 125 Å². The third-order valence-corrected chi connectivity index (χ3v) is 4.01. The molecule has 0 bridgehead atoms. The maximum Gasteiger partial charge on any atom is 0.227 e. The quantitative estimate of drug-likeness (QED) is 0.587. The minimum atomic E-state index is -0.237. The average Bonchev–Trinajstić information content (AvgIpc) is 3.13. The van der Waals surface area contributed by atoms with Crippen molar-refractivity contribution in [3.63, 3.8) is 0 Å². The fourth-order valence-electron chi connectivity index (χ4n) is 2.77. The fraction of sp³-hybridized carbons (Fsp3) is 0.500. The molecule has 112 valence electrons. The largest absolute Gasteiger partial charge is 0.363 e. The third kappa shape index (κ3) is 3.40. The number of likely N-dealkylation sites (tertiary alicyclic amines) is 2. The first-order valence-corrected chi connectivity index (χ1v) is 7.60. The van der Waals surface area contributed by atoms with Crippen molar-refractivity contribution in [2.45, 2.75) is 25.7 Å². The Hall–Kier alpha value is -1.91. The van der Waals surface area contributed by atoms with E-state index in [1.165, 1.54) is 25.0 Å². The molecule has 0 radical (unpaired) electrons. The first-order chi connectivity index (χ1) is 10.2. The highest BCUT2D eigenvalue weighted by Gasteiger charge is 2.20. The topological polar surface area (TPSA) is 31.2 Å². The van der Waals surface area contributed by atoms with Gasteiger partial charge in [-0.05, 0) is 43.5 Å². The number of hydrogen-bond donors (Lipinski definition) is 0. The second kappa shape index (κ2) is 6.24. The number of amidine groups is 1. The molecule has 0 atom stereocenters. The van der Waals surface area contributed by atoms with E-state index >= 15 is 0 Å². The van der Waals surface area contributed by atoms with E-state index in [0.717, 1.165) is 50.0 Å². The average molecular weight is 288 g/mol. The standard InChI is InChI=1S/C16H21FN4/c1-20-10-4-5-15(20)19-16(21-11-2-3-12-21)18-14-8-6-13(17)7-9-14/h6-9H,2-5,10-12H2,1H3. The Morgan fingerprint density at radius 1 is 1.05 bits per heavy atom. The van der Waals surface area contributed by atoms with Crippen LogP contribution in [0.1, 0.15) is 25.7 Å². The summed E-state index contributed by atoms with van der Waals surface area (Å²) in [6.45, 7) is 3.06. The van der Waals surface area contributed by atoms with E-state index in [2.05, 4.69) is 21.8 Å². The van der Waals surface area contributed by atoms with Crippen molar-refractivity contribution in [2.75, 3.05) is 26.7 Å². The van der Waals surface area contributed by atoms with E-state index in [1.54, 1.807) is 12.1 Å². The molecule has 0 amide bonds. The molecule has 2 aliphatic heterocycles. The van der Waals surface area contributed by atoms with Crippen molar-refractivity contribution >= 4 is 17.5 Å². The van der Waals surface area contributed by atoms with Crippen LogP contribution in [-0.2, 0) is 0 Å². The Balaban J connectivity index is 1.89. The van der Waals surface area contributed by atoms with E-state index in [4.69, 9.17) is 4.99 Å². The van der Waals surface area contributed by atoms with E-state index in [9.17, 15) is 4.39 Å². The Kier molecular flexibility index (Phi) is 4.18. The highest BCUT2D eigenvalue weighted by atomic mass is 19.1. The fourth-order valence-corrected chi connectivity index (χ4v) is 2.77. The minimum absolute atomic E-state index is 0.237. The number of hydrogen-bond acceptors (Lipinski definition) is 1. The molecule has 3 rings (SSSR count). The smallest absolute Gasteiger partial charge is 0.227 e. The molecular formula is C16H21FN4. The summed E-state index contributed by atoms with van der Waals surface area (Å²) in [6.07, 6.45) is 4.53. The second-order valence-electron chi connectivity index (χ2n) is 5.64. The lowest BCUT2D eigenvalue weighted by Crippen LogP contribution is -2.29. The molecule has 5 heteroatoms. The summed E-state index contributed by atoms with van der Waals surface area (Å²) in [4.78, 5) is 13.8. The first-order valence-electron chi connectivity index (χ1n) is 7.60. The molecule has 0 aliphatic carbocycles. The summed E-state index contributed by atoms with van der Waals surface area (Å²) in [5.74, 6) is 1.63. The van der Waals surface area contributed by atoms with Gasteiger partial charge in [0.1, 0.15) is 11.7 Å². The van der Waals surface area contributed by atoms with E-state index in [1.807, 2.05) is 0 Å². The molecule has 21 heavy (non-hydrogen) atoms. The van der Waals surface area contributed by atoms with Gasteiger partial charge in [-0.3, -0.25) is 0 Å². The maximum absolute atomic E-state index is 13.0. The summed E-state index contributed by atoms with van der Waals surface area (Å²) in [5.41, 5.74) is 0.753. The Morgan fingerprint density at radius 3 is 2.38 bits per heavy atom. The van der Waals surface area contributed by atoms with Crippen LogP contribution in [-0.4, -0.2) is 48.3 Å². The van der Waals surface area contributed by atoms with Gasteiger partial charge in [-0.25, -0.2) is 9.38 Å². The number of guanidine groups is 1. The van der Waals surface area contributed by atoms with Gasteiger partial charge in [-0.1, -0.05) is 0 Å². The highest BCUT2D eigenvalue weighted by molar-refractivity contribution is 5.97. The third-order valence-electron chi connectivity index (χ3n) is 4.01. The molecule has 1 aromatic rings. The van der Waals surface area contributed by atoms with Crippen molar-refractivity contribution in [3.8, 4) is 0 Å². The molecule has 0 saturated carbocycles. The number of aliphatic imine (C=N–C) groups is 2. The van der Waals surface area contributed by atoms with Crippen LogP contribution in [0, 0.1) is 5.82 Å². The van der Waals surface area contributed by atoms with Crippen LogP contribution in [0.25, 0.3) is 0 Å². The van der Waals surface area contributed by atoms with E-state index in [-0.39, 0.29) is 5.82 Å². The van der Waals surface area contributed by atoms with Crippen molar-refractivity contribution in [2.24, 2.45) is 9.98 Å². The van der Waals surface area contributed by atoms with Gasteiger partial charge in [0.05, 0.1) is 5.69 Å². The van der Waals surface area contributed by atoms with Gasteiger partial charge in [0.2, 0.25) is 5.96 Å². The first kappa shape index (κ1) is 14.0. The number of benzene rings is 1. The van der Waals surface area contributed by atoms with Gasteiger partial charge < -0.3 is 9.80 Å². The van der Waals surface area contributed by atoms with Crippen molar-refractivity contribution in [1.82, 2.24) is 9.80 Å². The lowest BCUT2D eigenvalue weighted by molar-refractivity contribution is 0.510. The maximum atomic E-state index is 13.0. The lowest BCUT2D eigenvalue weighted by atomic mass is 10.3. The van der Waals surface area contributed by atoms with Gasteiger partial charge in [0.25, 0.3) is 0 Å². The van der Waals surface area contributed by atoms with Crippen LogP contribution >= 0.6 is 0 Å². The molecule has 2 heterocycles. The van der Waals surface area contributed by atoms with Crippen LogP contribution in [0.2, 0.25) is 0 Å². The predicted octanol–water partition coefficient (Wildman–Crippen LogP) is 3.03. The number of nitrogens with zero attached hydrogens (tertiary/aromatic N) is 4. The second-order valence-corrected chi connectivity index (χ2v) is 5.64. The molecule has 2 fully saturated rings. The van der Waals surface area contributed by atoms with Gasteiger partial charge in [-0.15, -0.1) is 0 Å². The van der Waals surface area contributed by atoms with Crippen LogP contribution in [0.15, 0.2) is 34.3 Å². The summed E-state index contributed by atoms with van der Waals surface area (Å²) < 4.78 is 13.0. The van der Waals surface area contributed by atoms with Crippen LogP contribution in [0.4, 0.5) is 10.1 Å². The van der Waals surface area contributed by atoms with Gasteiger partial charge in [0.15, 0.2) is 0 Å². The zero-order valence-electron chi connectivity index (χ0n) is 12.4. The molecule has 1 aromatic carbocycles. The Bertz CT molecular complexity index is 544. The van der Waals surface area contributed by atoms with E-state index < -0.39 is 0 Å². The SMILES string of the molecule is CN1CCCC1=NC(=Nc1ccc(F)cc1)N1CCCC1. The minimum Gasteiger partial charge on any atom is -0.363 e. The number of halogens is 1. The van der Waals surface area contributed by atoms with Crippen LogP contribution in [0.3, 0.4) is 0 Å². The Morgan fingerprint density at radius 2 is 1.76 bits per heavy atom. The molecule has 0 spiro atoms. The van der Waals surface area contributed by atoms with Crippen molar-refractivity contribution in [1.29, 1.82) is 0 Å². The zero-order chi connectivity index (χ0) is 14.7. The summed E-state index contributed by atoms with van der Waals surface area (Å²) in [5, 5.41) is 0. The molecule has 0 unspecified atom stereocenters. The summed E-state index contributed by atoms with van der Waals surface area (Å²) in [6, 6.07) is 6.28. The van der Waals surface area contributed by atoms with Crippen LogP contribution < -0.4 is 0 Å². The summed E-state index contributed by atoms with van der Waals surface area (Å²) >= 11 is 0. The molecule has 2 saturated heterocycles. The van der Waals surface area contributed by atoms with Crippen LogP contribution in [0.5, 0.6) is 0 Å². The highest BCUT2D eigenvalue weighted by Crippen LogP contribution is 2.18. The molecule has 2 aliphatic rings. The molecule has 4 nitrogen and oxygen atoms in total. The van der Waals surface area contributed by atoms with Gasteiger partial charge in [0, 0.05) is 33.1 Å². The van der Waals surface area contributed by atoms with Gasteiger partial charge in [-0.2, -0.15) is 4.99 Å². The molecule has 0 aromatic heterocycles. The van der Waals surface area contributed by atoms with Crippen molar-refractivity contribution < 1.29 is 4.39 Å². The van der Waals surface area contributed by atoms with Gasteiger partial charge >= 0.3 is 0 Å². The molecule has 0 N–H and O–H groups in total. The van der Waals surface area contributed by atoms with Crippen molar-refractivity contribution in [3.05, 3.63) is 30.1 Å². The summed E-state index contributed by atoms with van der Waals surface area (Å²) in [7, 11) is 2.07. The zero-order valence-corrected chi connectivity index (χ0v) is 12.4.